The lowest BCUT2D eigenvalue weighted by molar-refractivity contribution is -0.119. The van der Waals surface area contributed by atoms with Crippen LogP contribution in [0.1, 0.15) is 35.7 Å². The summed E-state index contributed by atoms with van der Waals surface area (Å²) in [5.74, 6) is 0.990. The molecule has 2 aromatic carbocycles. The van der Waals surface area contributed by atoms with Gasteiger partial charge in [0, 0.05) is 29.4 Å². The highest BCUT2D eigenvalue weighted by Crippen LogP contribution is 2.37. The number of ether oxygens (including phenoxy) is 1. The normalized spacial score (nSPS) is 15.5. The number of rotatable bonds is 5. The molecule has 1 aliphatic heterocycles. The molecule has 2 aliphatic rings. The third kappa shape index (κ3) is 3.29. The van der Waals surface area contributed by atoms with E-state index in [1.54, 1.807) is 24.3 Å². The molecule has 1 fully saturated rings. The van der Waals surface area contributed by atoms with Crippen LogP contribution in [0.15, 0.2) is 42.5 Å². The Labute approximate surface area is 153 Å². The number of nitrogens with one attached hydrogen (secondary N) is 1. The number of carbonyl (C=O) groups excluding carboxylic acids is 2. The van der Waals surface area contributed by atoms with Crippen LogP contribution in [0, 0.1) is 5.92 Å². The van der Waals surface area contributed by atoms with Gasteiger partial charge in [0.25, 0.3) is 5.91 Å². The summed E-state index contributed by atoms with van der Waals surface area (Å²) in [6.45, 7) is 3.25. The summed E-state index contributed by atoms with van der Waals surface area (Å²) >= 11 is 0. The summed E-state index contributed by atoms with van der Waals surface area (Å²) in [6.07, 6.45) is 2.87. The molecule has 1 saturated carbocycles. The standard InChI is InChI=1S/C21H22N2O3/c1-2-26-18-9-6-15(7-10-18)20(24)22-17-8-5-14-11-12-23(19(14)13-17)21(25)16-3-4-16/h5-10,13,16H,2-4,11-12H2,1H3,(H,22,24). The highest BCUT2D eigenvalue weighted by molar-refractivity contribution is 6.05. The lowest BCUT2D eigenvalue weighted by Crippen LogP contribution is -2.30. The van der Waals surface area contributed by atoms with E-state index in [-0.39, 0.29) is 17.7 Å². The Morgan fingerprint density at radius 1 is 1.15 bits per heavy atom. The zero-order chi connectivity index (χ0) is 18.1. The van der Waals surface area contributed by atoms with E-state index in [0.717, 1.165) is 42.8 Å². The lowest BCUT2D eigenvalue weighted by Gasteiger charge is -2.18. The molecule has 5 nitrogen and oxygen atoms in total. The number of fused-ring (bicyclic) bond motifs is 1. The summed E-state index contributed by atoms with van der Waals surface area (Å²) in [6, 6.07) is 12.9. The Morgan fingerprint density at radius 3 is 2.62 bits per heavy atom. The Morgan fingerprint density at radius 2 is 1.92 bits per heavy atom. The van der Waals surface area contributed by atoms with Gasteiger partial charge in [-0.15, -0.1) is 0 Å². The molecule has 0 radical (unpaired) electrons. The number of amides is 2. The second-order valence-corrected chi connectivity index (χ2v) is 6.77. The van der Waals surface area contributed by atoms with Crippen LogP contribution < -0.4 is 15.0 Å². The first-order valence-electron chi connectivity index (χ1n) is 9.14. The Bertz CT molecular complexity index is 841. The predicted octanol–water partition coefficient (Wildman–Crippen LogP) is 3.64. The molecule has 0 atom stereocenters. The second kappa shape index (κ2) is 6.83. The van der Waals surface area contributed by atoms with Gasteiger partial charge in [0.05, 0.1) is 6.61 Å². The Kier molecular flexibility index (Phi) is 4.37. The van der Waals surface area contributed by atoms with E-state index in [0.29, 0.717) is 17.9 Å². The lowest BCUT2D eigenvalue weighted by atomic mass is 10.1. The van der Waals surface area contributed by atoms with Gasteiger partial charge in [-0.3, -0.25) is 9.59 Å². The molecule has 0 spiro atoms. The smallest absolute Gasteiger partial charge is 0.255 e. The van der Waals surface area contributed by atoms with E-state index >= 15 is 0 Å². The average molecular weight is 350 g/mol. The van der Waals surface area contributed by atoms with Crippen molar-refractivity contribution in [1.82, 2.24) is 0 Å². The summed E-state index contributed by atoms with van der Waals surface area (Å²) in [7, 11) is 0. The maximum absolute atomic E-state index is 12.5. The monoisotopic (exact) mass is 350 g/mol. The van der Waals surface area contributed by atoms with Gasteiger partial charge in [-0.25, -0.2) is 0 Å². The number of benzene rings is 2. The summed E-state index contributed by atoms with van der Waals surface area (Å²) in [5.41, 5.74) is 3.38. The number of nitrogens with zero attached hydrogens (tertiary/aromatic N) is 1. The van der Waals surface area contributed by atoms with Crippen molar-refractivity contribution in [1.29, 1.82) is 0 Å². The zero-order valence-electron chi connectivity index (χ0n) is 14.8. The van der Waals surface area contributed by atoms with Gasteiger partial charge in [-0.05, 0) is 68.1 Å². The fourth-order valence-corrected chi connectivity index (χ4v) is 3.31. The van der Waals surface area contributed by atoms with Crippen LogP contribution in [0.2, 0.25) is 0 Å². The van der Waals surface area contributed by atoms with Gasteiger partial charge in [0.2, 0.25) is 5.91 Å². The van der Waals surface area contributed by atoms with E-state index in [2.05, 4.69) is 5.32 Å². The summed E-state index contributed by atoms with van der Waals surface area (Å²) in [4.78, 5) is 26.8. The zero-order valence-corrected chi connectivity index (χ0v) is 14.8. The van der Waals surface area contributed by atoms with Crippen LogP contribution in [0.5, 0.6) is 5.75 Å². The summed E-state index contributed by atoms with van der Waals surface area (Å²) < 4.78 is 5.40. The molecule has 0 aromatic heterocycles. The van der Waals surface area contributed by atoms with Crippen LogP contribution in [-0.2, 0) is 11.2 Å². The van der Waals surface area contributed by atoms with E-state index < -0.39 is 0 Å². The molecule has 26 heavy (non-hydrogen) atoms. The minimum Gasteiger partial charge on any atom is -0.494 e. The van der Waals surface area contributed by atoms with Gasteiger partial charge < -0.3 is 15.0 Å². The number of hydrogen-bond donors (Lipinski definition) is 1. The van der Waals surface area contributed by atoms with Crippen molar-refractivity contribution in [3.05, 3.63) is 53.6 Å². The molecule has 134 valence electrons. The van der Waals surface area contributed by atoms with Gasteiger partial charge in [-0.1, -0.05) is 6.07 Å². The van der Waals surface area contributed by atoms with Crippen LogP contribution in [0.4, 0.5) is 11.4 Å². The fourth-order valence-electron chi connectivity index (χ4n) is 3.31. The minimum absolute atomic E-state index is 0.175. The average Bonchev–Trinajstić information content (AvgIpc) is 3.42. The van der Waals surface area contributed by atoms with Gasteiger partial charge in [-0.2, -0.15) is 0 Å². The van der Waals surface area contributed by atoms with E-state index in [1.165, 1.54) is 0 Å². The number of anilines is 2. The second-order valence-electron chi connectivity index (χ2n) is 6.77. The van der Waals surface area contributed by atoms with Crippen molar-refractivity contribution < 1.29 is 14.3 Å². The van der Waals surface area contributed by atoms with Crippen molar-refractivity contribution >= 4 is 23.2 Å². The Hall–Kier alpha value is -2.82. The van der Waals surface area contributed by atoms with Crippen molar-refractivity contribution in [3.63, 3.8) is 0 Å². The predicted molar refractivity (Wildman–Crippen MR) is 101 cm³/mol. The highest BCUT2D eigenvalue weighted by Gasteiger charge is 2.36. The fraction of sp³-hybridized carbons (Fsp3) is 0.333. The maximum atomic E-state index is 12.5. The molecule has 1 N–H and O–H groups in total. The topological polar surface area (TPSA) is 58.6 Å². The van der Waals surface area contributed by atoms with Crippen molar-refractivity contribution in [2.75, 3.05) is 23.4 Å². The third-order valence-electron chi connectivity index (χ3n) is 4.86. The molecule has 0 bridgehead atoms. The number of hydrogen-bond acceptors (Lipinski definition) is 3. The van der Waals surface area contributed by atoms with Crippen molar-refractivity contribution in [2.45, 2.75) is 26.2 Å². The molecular weight excluding hydrogens is 328 g/mol. The van der Waals surface area contributed by atoms with Crippen LogP contribution in [-0.4, -0.2) is 25.0 Å². The third-order valence-corrected chi connectivity index (χ3v) is 4.86. The molecule has 0 saturated heterocycles. The quantitative estimate of drug-likeness (QED) is 0.896. The molecule has 2 amide bonds. The first-order valence-corrected chi connectivity index (χ1v) is 9.14. The summed E-state index contributed by atoms with van der Waals surface area (Å²) in [5, 5.41) is 2.93. The van der Waals surface area contributed by atoms with Crippen LogP contribution in [0.3, 0.4) is 0 Å². The first kappa shape index (κ1) is 16.6. The Balaban J connectivity index is 1.49. The molecule has 5 heteroatoms. The van der Waals surface area contributed by atoms with E-state index in [9.17, 15) is 9.59 Å². The highest BCUT2D eigenvalue weighted by atomic mass is 16.5. The molecule has 1 aliphatic carbocycles. The van der Waals surface area contributed by atoms with Gasteiger partial charge in [0.1, 0.15) is 5.75 Å². The maximum Gasteiger partial charge on any atom is 0.255 e. The van der Waals surface area contributed by atoms with E-state index in [4.69, 9.17) is 4.74 Å². The van der Waals surface area contributed by atoms with Crippen LogP contribution >= 0.6 is 0 Å². The van der Waals surface area contributed by atoms with E-state index in [1.807, 2.05) is 30.0 Å². The largest absolute Gasteiger partial charge is 0.494 e. The van der Waals surface area contributed by atoms with Crippen molar-refractivity contribution in [2.24, 2.45) is 5.92 Å². The van der Waals surface area contributed by atoms with Gasteiger partial charge in [0.15, 0.2) is 0 Å². The SMILES string of the molecule is CCOc1ccc(C(=O)Nc2ccc3c(c2)N(C(=O)C2CC2)CC3)cc1. The molecule has 1 heterocycles. The van der Waals surface area contributed by atoms with Crippen molar-refractivity contribution in [3.8, 4) is 5.75 Å². The molecular formula is C21H22N2O3. The molecule has 4 rings (SSSR count). The number of carbonyl (C=O) groups is 2. The van der Waals surface area contributed by atoms with Gasteiger partial charge >= 0.3 is 0 Å². The van der Waals surface area contributed by atoms with Crippen LogP contribution in [0.25, 0.3) is 0 Å². The minimum atomic E-state index is -0.175. The molecule has 0 unspecified atom stereocenters. The molecule has 2 aromatic rings. The first-order chi connectivity index (χ1) is 12.7.